The summed E-state index contributed by atoms with van der Waals surface area (Å²) in [5.74, 6) is 0.249. The first-order chi connectivity index (χ1) is 5.88. The molecular weight excluding hydrogens is 164 g/mol. The molecule has 0 amide bonds. The molecule has 0 spiro atoms. The Morgan fingerprint density at radius 1 is 1.15 bits per heavy atom. The van der Waals surface area contributed by atoms with E-state index < -0.39 is 5.60 Å². The van der Waals surface area contributed by atoms with E-state index >= 15 is 0 Å². The minimum atomic E-state index is -0.619. The molecule has 2 heteroatoms. The van der Waals surface area contributed by atoms with Gasteiger partial charge in [-0.2, -0.15) is 0 Å². The van der Waals surface area contributed by atoms with Gasteiger partial charge in [0.15, 0.2) is 0 Å². The van der Waals surface area contributed by atoms with Crippen LogP contribution in [0.4, 0.5) is 0 Å². The minimum Gasteiger partial charge on any atom is -0.393 e. The molecule has 2 nitrogen and oxygen atoms in total. The van der Waals surface area contributed by atoms with Crippen LogP contribution in [0.1, 0.15) is 53.4 Å². The Bertz CT molecular complexity index is 127. The van der Waals surface area contributed by atoms with Crippen LogP contribution in [0.5, 0.6) is 0 Å². The summed E-state index contributed by atoms with van der Waals surface area (Å²) < 4.78 is 0. The number of aliphatic hydroxyl groups excluding tert-OH is 1. The molecule has 0 aromatic carbocycles. The Hall–Kier alpha value is -0.0800. The maximum Gasteiger partial charge on any atom is 0.0617 e. The molecule has 0 heterocycles. The molecule has 80 valence electrons. The normalized spacial score (nSPS) is 17.1. The van der Waals surface area contributed by atoms with Crippen LogP contribution in [-0.2, 0) is 0 Å². The molecule has 0 fully saturated rings. The Morgan fingerprint density at radius 3 is 2.08 bits per heavy atom. The van der Waals surface area contributed by atoms with E-state index in [0.717, 1.165) is 25.7 Å². The lowest BCUT2D eigenvalue weighted by molar-refractivity contribution is 0.0143. The molecule has 0 radical (unpaired) electrons. The Kier molecular flexibility index (Phi) is 5.57. The Balaban J connectivity index is 3.63. The van der Waals surface area contributed by atoms with Gasteiger partial charge in [-0.05, 0) is 39.0 Å². The SMILES string of the molecule is CCCC(O)CCC(C)C(C)(C)O. The zero-order valence-electron chi connectivity index (χ0n) is 9.38. The second-order valence-electron chi connectivity index (χ2n) is 4.57. The molecule has 0 bridgehead atoms. The van der Waals surface area contributed by atoms with Crippen LogP contribution in [0.15, 0.2) is 0 Å². The van der Waals surface area contributed by atoms with Crippen molar-refractivity contribution in [1.82, 2.24) is 0 Å². The second-order valence-corrected chi connectivity index (χ2v) is 4.57. The molecule has 0 aromatic heterocycles. The van der Waals surface area contributed by atoms with E-state index in [9.17, 15) is 10.2 Å². The molecule has 2 unspecified atom stereocenters. The van der Waals surface area contributed by atoms with E-state index in [4.69, 9.17) is 0 Å². The first-order valence-electron chi connectivity index (χ1n) is 5.28. The molecule has 0 saturated carbocycles. The number of aliphatic hydroxyl groups is 2. The fourth-order valence-electron chi connectivity index (χ4n) is 1.27. The van der Waals surface area contributed by atoms with Gasteiger partial charge in [-0.25, -0.2) is 0 Å². The van der Waals surface area contributed by atoms with Gasteiger partial charge in [-0.15, -0.1) is 0 Å². The highest BCUT2D eigenvalue weighted by atomic mass is 16.3. The molecule has 0 saturated heterocycles. The van der Waals surface area contributed by atoms with Crippen molar-refractivity contribution in [3.8, 4) is 0 Å². The van der Waals surface area contributed by atoms with Gasteiger partial charge in [0.25, 0.3) is 0 Å². The highest BCUT2D eigenvalue weighted by molar-refractivity contribution is 4.74. The summed E-state index contributed by atoms with van der Waals surface area (Å²) in [4.78, 5) is 0. The number of hydrogen-bond donors (Lipinski definition) is 2. The van der Waals surface area contributed by atoms with E-state index in [1.165, 1.54) is 0 Å². The highest BCUT2D eigenvalue weighted by Crippen LogP contribution is 2.22. The first-order valence-corrected chi connectivity index (χ1v) is 5.28. The van der Waals surface area contributed by atoms with Crippen molar-refractivity contribution in [2.24, 2.45) is 5.92 Å². The topological polar surface area (TPSA) is 40.5 Å². The summed E-state index contributed by atoms with van der Waals surface area (Å²) in [6.07, 6.45) is 3.41. The summed E-state index contributed by atoms with van der Waals surface area (Å²) in [5, 5.41) is 19.1. The quantitative estimate of drug-likeness (QED) is 0.671. The summed E-state index contributed by atoms with van der Waals surface area (Å²) in [5.41, 5.74) is -0.619. The fourth-order valence-corrected chi connectivity index (χ4v) is 1.27. The largest absolute Gasteiger partial charge is 0.393 e. The predicted octanol–water partition coefficient (Wildman–Crippen LogP) is 2.33. The van der Waals surface area contributed by atoms with E-state index in [1.807, 2.05) is 20.8 Å². The lowest BCUT2D eigenvalue weighted by atomic mass is 9.87. The van der Waals surface area contributed by atoms with Gasteiger partial charge in [0, 0.05) is 0 Å². The van der Waals surface area contributed by atoms with Crippen LogP contribution in [0, 0.1) is 5.92 Å². The zero-order chi connectivity index (χ0) is 10.5. The van der Waals surface area contributed by atoms with Crippen molar-refractivity contribution in [3.63, 3.8) is 0 Å². The highest BCUT2D eigenvalue weighted by Gasteiger charge is 2.22. The third-order valence-corrected chi connectivity index (χ3v) is 2.76. The van der Waals surface area contributed by atoms with E-state index in [0.29, 0.717) is 0 Å². The summed E-state index contributed by atoms with van der Waals surface area (Å²) >= 11 is 0. The number of rotatable bonds is 6. The number of hydrogen-bond acceptors (Lipinski definition) is 2. The van der Waals surface area contributed by atoms with Crippen LogP contribution < -0.4 is 0 Å². The van der Waals surface area contributed by atoms with Crippen LogP contribution >= 0.6 is 0 Å². The third kappa shape index (κ3) is 6.05. The van der Waals surface area contributed by atoms with Gasteiger partial charge in [-0.3, -0.25) is 0 Å². The summed E-state index contributed by atoms with van der Waals surface area (Å²) in [7, 11) is 0. The van der Waals surface area contributed by atoms with Crippen molar-refractivity contribution in [1.29, 1.82) is 0 Å². The smallest absolute Gasteiger partial charge is 0.0617 e. The average Bonchev–Trinajstić information content (AvgIpc) is 1.99. The Labute approximate surface area is 82.0 Å². The average molecular weight is 188 g/mol. The molecular formula is C11H24O2. The van der Waals surface area contributed by atoms with E-state index in [1.54, 1.807) is 0 Å². The van der Waals surface area contributed by atoms with Gasteiger partial charge in [0.2, 0.25) is 0 Å². The predicted molar refractivity (Wildman–Crippen MR) is 55.6 cm³/mol. The molecule has 13 heavy (non-hydrogen) atoms. The van der Waals surface area contributed by atoms with Gasteiger partial charge in [-0.1, -0.05) is 20.3 Å². The minimum absolute atomic E-state index is 0.185. The maximum absolute atomic E-state index is 9.65. The fraction of sp³-hybridized carbons (Fsp3) is 1.00. The molecule has 0 aliphatic heterocycles. The maximum atomic E-state index is 9.65. The van der Waals surface area contributed by atoms with Crippen molar-refractivity contribution in [3.05, 3.63) is 0 Å². The van der Waals surface area contributed by atoms with E-state index in [-0.39, 0.29) is 12.0 Å². The molecule has 2 atom stereocenters. The van der Waals surface area contributed by atoms with E-state index in [2.05, 4.69) is 6.92 Å². The second kappa shape index (κ2) is 5.61. The zero-order valence-corrected chi connectivity index (χ0v) is 9.38. The van der Waals surface area contributed by atoms with Crippen LogP contribution in [-0.4, -0.2) is 21.9 Å². The van der Waals surface area contributed by atoms with Crippen molar-refractivity contribution >= 4 is 0 Å². The lowest BCUT2D eigenvalue weighted by Gasteiger charge is -2.26. The third-order valence-electron chi connectivity index (χ3n) is 2.76. The summed E-state index contributed by atoms with van der Waals surface area (Å²) in [6, 6.07) is 0. The molecule has 0 aliphatic rings. The van der Waals surface area contributed by atoms with Gasteiger partial charge >= 0.3 is 0 Å². The summed E-state index contributed by atoms with van der Waals surface area (Å²) in [6.45, 7) is 7.75. The van der Waals surface area contributed by atoms with Gasteiger partial charge in [0.1, 0.15) is 0 Å². The Morgan fingerprint density at radius 2 is 1.69 bits per heavy atom. The first kappa shape index (κ1) is 12.9. The van der Waals surface area contributed by atoms with Gasteiger partial charge < -0.3 is 10.2 Å². The molecule has 0 aromatic rings. The molecule has 0 aliphatic carbocycles. The van der Waals surface area contributed by atoms with Crippen LogP contribution in [0.25, 0.3) is 0 Å². The van der Waals surface area contributed by atoms with Crippen LogP contribution in [0.3, 0.4) is 0 Å². The lowest BCUT2D eigenvalue weighted by Crippen LogP contribution is -2.29. The van der Waals surface area contributed by atoms with Gasteiger partial charge in [0.05, 0.1) is 11.7 Å². The standard InChI is InChI=1S/C11H24O2/c1-5-6-10(12)8-7-9(2)11(3,4)13/h9-10,12-13H,5-8H2,1-4H3. The van der Waals surface area contributed by atoms with Crippen molar-refractivity contribution in [2.75, 3.05) is 0 Å². The molecule has 2 N–H and O–H groups in total. The van der Waals surface area contributed by atoms with Crippen molar-refractivity contribution in [2.45, 2.75) is 65.1 Å². The monoisotopic (exact) mass is 188 g/mol. The van der Waals surface area contributed by atoms with Crippen LogP contribution in [0.2, 0.25) is 0 Å². The van der Waals surface area contributed by atoms with Crippen molar-refractivity contribution < 1.29 is 10.2 Å². The molecule has 0 rings (SSSR count).